The van der Waals surface area contributed by atoms with E-state index in [0.717, 1.165) is 17.7 Å². The van der Waals surface area contributed by atoms with Crippen LogP contribution in [0, 0.1) is 0 Å². The first-order valence-corrected chi connectivity index (χ1v) is 7.07. The van der Waals surface area contributed by atoms with Crippen LogP contribution in [-0.4, -0.2) is 46.0 Å². The van der Waals surface area contributed by atoms with E-state index in [4.69, 9.17) is 22.4 Å². The number of hydrogen-bond donors (Lipinski definition) is 2. The molecule has 0 bridgehead atoms. The molecule has 0 radical (unpaired) electrons. The topological polar surface area (TPSA) is 105 Å². The lowest BCUT2D eigenvalue weighted by atomic mass is 10.1. The van der Waals surface area contributed by atoms with Gasteiger partial charge in [0.1, 0.15) is 12.0 Å². The molecule has 8 heteroatoms. The van der Waals surface area contributed by atoms with Gasteiger partial charge in [-0.05, 0) is 31.8 Å². The van der Waals surface area contributed by atoms with Gasteiger partial charge in [-0.25, -0.2) is 14.8 Å². The van der Waals surface area contributed by atoms with Gasteiger partial charge in [0.05, 0.1) is 5.69 Å². The van der Waals surface area contributed by atoms with E-state index >= 15 is 0 Å². The van der Waals surface area contributed by atoms with Gasteiger partial charge in [0, 0.05) is 17.1 Å². The summed E-state index contributed by atoms with van der Waals surface area (Å²) in [7, 11) is 3.93. The standard InChI is InChI=1S/C15H16ClN5O2/c1-21(2)7-10-4-3-9(5-11(10)16)12-6-13(19-8-18-12)14(17)20-15(22)23/h3-6,8H,7H2,1-2H3,(H2,17,20)(H,22,23). The van der Waals surface area contributed by atoms with Gasteiger partial charge in [-0.3, -0.25) is 0 Å². The summed E-state index contributed by atoms with van der Waals surface area (Å²) in [6.45, 7) is 0.729. The van der Waals surface area contributed by atoms with E-state index in [2.05, 4.69) is 15.0 Å². The zero-order valence-electron chi connectivity index (χ0n) is 12.7. The molecule has 3 N–H and O–H groups in total. The Hall–Kier alpha value is -2.51. The largest absolute Gasteiger partial charge is 0.463 e. The Morgan fingerprint density at radius 3 is 2.70 bits per heavy atom. The summed E-state index contributed by atoms with van der Waals surface area (Å²) in [6, 6.07) is 7.19. The van der Waals surface area contributed by atoms with Crippen LogP contribution in [0.5, 0.6) is 0 Å². The minimum atomic E-state index is -1.38. The van der Waals surface area contributed by atoms with Crippen molar-refractivity contribution >= 4 is 23.5 Å². The molecule has 0 aliphatic heterocycles. The number of rotatable bonds is 4. The minimum absolute atomic E-state index is 0.184. The maximum atomic E-state index is 10.6. The first-order chi connectivity index (χ1) is 10.9. The molecule has 23 heavy (non-hydrogen) atoms. The summed E-state index contributed by atoms with van der Waals surface area (Å²) in [5.41, 5.74) is 8.20. The van der Waals surface area contributed by atoms with Crippen LogP contribution in [0.25, 0.3) is 11.3 Å². The smallest absolute Gasteiger partial charge is 0.433 e. The van der Waals surface area contributed by atoms with E-state index in [1.807, 2.05) is 31.1 Å². The minimum Gasteiger partial charge on any atom is -0.463 e. The summed E-state index contributed by atoms with van der Waals surface area (Å²) in [5, 5.41) is 9.27. The average molecular weight is 334 g/mol. The van der Waals surface area contributed by atoms with Crippen LogP contribution in [0.1, 0.15) is 11.3 Å². The first kappa shape index (κ1) is 16.9. The molecular weight excluding hydrogens is 318 g/mol. The molecule has 120 valence electrons. The fourth-order valence-corrected chi connectivity index (χ4v) is 2.23. The number of carbonyl (C=O) groups is 1. The highest BCUT2D eigenvalue weighted by Crippen LogP contribution is 2.25. The van der Waals surface area contributed by atoms with Crippen molar-refractivity contribution in [2.24, 2.45) is 10.7 Å². The van der Waals surface area contributed by atoms with Crippen molar-refractivity contribution < 1.29 is 9.90 Å². The number of nitrogens with zero attached hydrogens (tertiary/aromatic N) is 4. The number of halogens is 1. The number of carboxylic acid groups (broad SMARTS) is 1. The Morgan fingerprint density at radius 2 is 2.09 bits per heavy atom. The van der Waals surface area contributed by atoms with Crippen molar-refractivity contribution in [3.05, 3.63) is 46.9 Å². The molecule has 1 amide bonds. The monoisotopic (exact) mass is 333 g/mol. The summed E-state index contributed by atoms with van der Waals surface area (Å²) >= 11 is 6.30. The molecule has 7 nitrogen and oxygen atoms in total. The number of hydrogen-bond acceptors (Lipinski definition) is 4. The van der Waals surface area contributed by atoms with Gasteiger partial charge in [0.2, 0.25) is 0 Å². The molecule has 0 aliphatic rings. The van der Waals surface area contributed by atoms with Gasteiger partial charge >= 0.3 is 6.09 Å². The average Bonchev–Trinajstić information content (AvgIpc) is 2.48. The van der Waals surface area contributed by atoms with Crippen LogP contribution in [0.4, 0.5) is 4.79 Å². The predicted octanol–water partition coefficient (Wildman–Crippen LogP) is 2.24. The van der Waals surface area contributed by atoms with E-state index in [-0.39, 0.29) is 11.5 Å². The molecule has 0 unspecified atom stereocenters. The van der Waals surface area contributed by atoms with Crippen molar-refractivity contribution in [1.29, 1.82) is 0 Å². The van der Waals surface area contributed by atoms with E-state index in [1.165, 1.54) is 6.33 Å². The van der Waals surface area contributed by atoms with Crippen molar-refractivity contribution in [1.82, 2.24) is 14.9 Å². The number of nitrogens with two attached hydrogens (primary N) is 1. The second-order valence-corrected chi connectivity index (χ2v) is 5.52. The normalized spacial score (nSPS) is 11.7. The number of aromatic nitrogens is 2. The van der Waals surface area contributed by atoms with Crippen LogP contribution in [0.3, 0.4) is 0 Å². The second kappa shape index (κ2) is 7.17. The molecule has 1 aromatic carbocycles. The maximum absolute atomic E-state index is 10.6. The maximum Gasteiger partial charge on any atom is 0.433 e. The van der Waals surface area contributed by atoms with E-state index in [0.29, 0.717) is 10.7 Å². The molecule has 0 saturated carbocycles. The Labute approximate surface area is 138 Å². The van der Waals surface area contributed by atoms with Crippen molar-refractivity contribution in [3.8, 4) is 11.3 Å². The van der Waals surface area contributed by atoms with Crippen LogP contribution in [0.15, 0.2) is 35.6 Å². The zero-order valence-corrected chi connectivity index (χ0v) is 13.4. The van der Waals surface area contributed by atoms with E-state index in [1.54, 1.807) is 12.1 Å². The highest BCUT2D eigenvalue weighted by Gasteiger charge is 2.09. The highest BCUT2D eigenvalue weighted by atomic mass is 35.5. The fraction of sp³-hybridized carbons (Fsp3) is 0.200. The fourth-order valence-electron chi connectivity index (χ4n) is 1.99. The van der Waals surface area contributed by atoms with Crippen LogP contribution >= 0.6 is 11.6 Å². The number of amides is 1. The van der Waals surface area contributed by atoms with Gasteiger partial charge in [-0.15, -0.1) is 0 Å². The van der Waals surface area contributed by atoms with Gasteiger partial charge in [-0.1, -0.05) is 23.7 Å². The quantitative estimate of drug-likeness (QED) is 0.656. The summed E-state index contributed by atoms with van der Waals surface area (Å²) in [6.07, 6.45) is -0.0740. The third-order valence-corrected chi connectivity index (χ3v) is 3.33. The zero-order chi connectivity index (χ0) is 17.0. The summed E-state index contributed by atoms with van der Waals surface area (Å²) in [4.78, 5) is 23.9. The third kappa shape index (κ3) is 4.48. The molecule has 0 spiro atoms. The Bertz CT molecular complexity index is 761. The molecule has 2 rings (SSSR count). The Morgan fingerprint density at radius 1 is 1.35 bits per heavy atom. The number of benzene rings is 1. The molecule has 1 aromatic heterocycles. The van der Waals surface area contributed by atoms with Gasteiger partial charge < -0.3 is 15.7 Å². The summed E-state index contributed by atoms with van der Waals surface area (Å²) in [5.74, 6) is -0.184. The molecule has 2 aromatic rings. The van der Waals surface area contributed by atoms with Crippen molar-refractivity contribution in [2.45, 2.75) is 6.54 Å². The molecule has 0 aliphatic carbocycles. The molecule has 1 heterocycles. The highest BCUT2D eigenvalue weighted by molar-refractivity contribution is 6.31. The van der Waals surface area contributed by atoms with Gasteiger partial charge in [-0.2, -0.15) is 4.99 Å². The lowest BCUT2D eigenvalue weighted by Gasteiger charge is -2.12. The third-order valence-electron chi connectivity index (χ3n) is 2.98. The molecule has 0 saturated heterocycles. The second-order valence-electron chi connectivity index (χ2n) is 5.11. The van der Waals surface area contributed by atoms with Crippen molar-refractivity contribution in [2.75, 3.05) is 14.1 Å². The van der Waals surface area contributed by atoms with Gasteiger partial charge in [0.15, 0.2) is 5.84 Å². The number of aliphatic imine (C=N–C) groups is 1. The lowest BCUT2D eigenvalue weighted by molar-refractivity contribution is 0.205. The SMILES string of the molecule is CN(C)Cc1ccc(-c2cc(C(N)=NC(=O)O)ncn2)cc1Cl. The van der Waals surface area contributed by atoms with Crippen LogP contribution in [-0.2, 0) is 6.54 Å². The molecular formula is C15H16ClN5O2. The molecule has 0 atom stereocenters. The van der Waals surface area contributed by atoms with Crippen molar-refractivity contribution in [3.63, 3.8) is 0 Å². The van der Waals surface area contributed by atoms with E-state index in [9.17, 15) is 4.79 Å². The first-order valence-electron chi connectivity index (χ1n) is 6.70. The van der Waals surface area contributed by atoms with Crippen LogP contribution in [0.2, 0.25) is 5.02 Å². The molecule has 0 fully saturated rings. The predicted molar refractivity (Wildman–Crippen MR) is 88.6 cm³/mol. The number of amidine groups is 1. The van der Waals surface area contributed by atoms with E-state index < -0.39 is 6.09 Å². The van der Waals surface area contributed by atoms with Gasteiger partial charge in [0.25, 0.3) is 0 Å². The summed E-state index contributed by atoms with van der Waals surface area (Å²) < 4.78 is 0. The Kier molecular flexibility index (Phi) is 5.25. The lowest BCUT2D eigenvalue weighted by Crippen LogP contribution is -2.17. The Balaban J connectivity index is 2.36. The van der Waals surface area contributed by atoms with Crippen LogP contribution < -0.4 is 5.73 Å².